The number of halogens is 1. The highest BCUT2D eigenvalue weighted by atomic mass is 19.1. The summed E-state index contributed by atoms with van der Waals surface area (Å²) in [4.78, 5) is 11.1. The van der Waals surface area contributed by atoms with E-state index in [1.807, 2.05) is 0 Å². The van der Waals surface area contributed by atoms with E-state index in [0.717, 1.165) is 5.71 Å². The van der Waals surface area contributed by atoms with Crippen LogP contribution in [0.25, 0.3) is 0 Å². The van der Waals surface area contributed by atoms with Crippen molar-refractivity contribution in [2.24, 2.45) is 10.2 Å². The van der Waals surface area contributed by atoms with Gasteiger partial charge in [-0.05, 0) is 31.5 Å². The van der Waals surface area contributed by atoms with Crippen molar-refractivity contribution < 1.29 is 9.18 Å². The van der Waals surface area contributed by atoms with E-state index in [0.29, 0.717) is 5.56 Å². The third-order valence-electron chi connectivity index (χ3n) is 1.63. The summed E-state index contributed by atoms with van der Waals surface area (Å²) < 4.78 is 12.6. The summed E-state index contributed by atoms with van der Waals surface area (Å²) in [6, 6.07) is 5.18. The van der Waals surface area contributed by atoms with E-state index >= 15 is 0 Å². The van der Waals surface area contributed by atoms with Gasteiger partial charge in [0.1, 0.15) is 5.82 Å². The number of hydrogen-bond acceptors (Lipinski definition) is 3. The lowest BCUT2D eigenvalue weighted by Gasteiger charge is -1.98. The maximum atomic E-state index is 12.6. The molecular formula is C11H13FN4O. The fraction of sp³-hybridized carbons (Fsp3) is 0.182. The molecule has 0 saturated carbocycles. The molecule has 0 aliphatic heterocycles. The minimum atomic E-state index is -0.537. The van der Waals surface area contributed by atoms with Gasteiger partial charge in [0.2, 0.25) is 0 Å². The van der Waals surface area contributed by atoms with E-state index in [-0.39, 0.29) is 5.82 Å². The molecule has 0 saturated heterocycles. The normalized spacial score (nSPS) is 10.1. The zero-order chi connectivity index (χ0) is 12.7. The van der Waals surface area contributed by atoms with Crippen molar-refractivity contribution in [1.29, 1.82) is 0 Å². The molecule has 0 aromatic heterocycles. The lowest BCUT2D eigenvalue weighted by Crippen LogP contribution is -2.28. The zero-order valence-electron chi connectivity index (χ0n) is 9.57. The second-order valence-corrected chi connectivity index (χ2v) is 3.42. The van der Waals surface area contributed by atoms with Gasteiger partial charge < -0.3 is 0 Å². The minimum Gasteiger partial charge on any atom is -0.245 e. The van der Waals surface area contributed by atoms with Crippen LogP contribution in [0.1, 0.15) is 19.4 Å². The number of carbonyl (C=O) groups is 1. The van der Waals surface area contributed by atoms with E-state index in [9.17, 15) is 9.18 Å². The van der Waals surface area contributed by atoms with Crippen molar-refractivity contribution in [1.82, 2.24) is 10.9 Å². The summed E-state index contributed by atoms with van der Waals surface area (Å²) in [6.45, 7) is 3.50. The molecule has 17 heavy (non-hydrogen) atoms. The van der Waals surface area contributed by atoms with Crippen molar-refractivity contribution in [3.63, 3.8) is 0 Å². The van der Waals surface area contributed by atoms with Crippen LogP contribution in [0.4, 0.5) is 9.18 Å². The van der Waals surface area contributed by atoms with Crippen molar-refractivity contribution in [3.05, 3.63) is 35.6 Å². The maximum Gasteiger partial charge on any atom is 0.355 e. The Hall–Kier alpha value is -2.24. The lowest BCUT2D eigenvalue weighted by atomic mass is 10.2. The van der Waals surface area contributed by atoms with Crippen LogP contribution in [0.5, 0.6) is 0 Å². The molecule has 2 N–H and O–H groups in total. The van der Waals surface area contributed by atoms with Gasteiger partial charge >= 0.3 is 6.03 Å². The van der Waals surface area contributed by atoms with Crippen LogP contribution < -0.4 is 10.9 Å². The molecule has 0 heterocycles. The van der Waals surface area contributed by atoms with Crippen molar-refractivity contribution in [2.45, 2.75) is 13.8 Å². The van der Waals surface area contributed by atoms with Gasteiger partial charge in [0.05, 0.1) is 6.21 Å². The van der Waals surface area contributed by atoms with Crippen LogP contribution in [0.3, 0.4) is 0 Å². The number of benzene rings is 1. The molecule has 5 nitrogen and oxygen atoms in total. The Morgan fingerprint density at radius 1 is 1.24 bits per heavy atom. The van der Waals surface area contributed by atoms with Gasteiger partial charge in [-0.1, -0.05) is 12.1 Å². The summed E-state index contributed by atoms with van der Waals surface area (Å²) in [6.07, 6.45) is 1.40. The van der Waals surface area contributed by atoms with E-state index in [1.165, 1.54) is 18.3 Å². The first-order chi connectivity index (χ1) is 8.08. The summed E-state index contributed by atoms with van der Waals surface area (Å²) in [5, 5.41) is 7.36. The second kappa shape index (κ2) is 6.37. The van der Waals surface area contributed by atoms with E-state index in [2.05, 4.69) is 21.1 Å². The average Bonchev–Trinajstić information content (AvgIpc) is 2.29. The Bertz CT molecular complexity index is 435. The topological polar surface area (TPSA) is 65.8 Å². The Morgan fingerprint density at radius 2 is 1.88 bits per heavy atom. The van der Waals surface area contributed by atoms with Gasteiger partial charge in [0.25, 0.3) is 0 Å². The first-order valence-electron chi connectivity index (χ1n) is 4.93. The van der Waals surface area contributed by atoms with Crippen LogP contribution in [0.2, 0.25) is 0 Å². The number of nitrogens with one attached hydrogen (secondary N) is 2. The van der Waals surface area contributed by atoms with E-state index < -0.39 is 6.03 Å². The predicted octanol–water partition coefficient (Wildman–Crippen LogP) is 1.85. The zero-order valence-corrected chi connectivity index (χ0v) is 9.57. The number of amides is 2. The number of hydrogen-bond donors (Lipinski definition) is 2. The second-order valence-electron chi connectivity index (χ2n) is 3.42. The van der Waals surface area contributed by atoms with Gasteiger partial charge in [0.15, 0.2) is 0 Å². The third kappa shape index (κ3) is 5.41. The first kappa shape index (κ1) is 12.8. The minimum absolute atomic E-state index is 0.319. The summed E-state index contributed by atoms with van der Waals surface area (Å²) in [5.74, 6) is -0.319. The van der Waals surface area contributed by atoms with Crippen LogP contribution in [0.15, 0.2) is 34.5 Å². The number of hydrazone groups is 2. The van der Waals surface area contributed by atoms with E-state index in [1.54, 1.807) is 26.0 Å². The molecule has 0 atom stereocenters. The quantitative estimate of drug-likeness (QED) is 0.610. The molecule has 0 aliphatic rings. The van der Waals surface area contributed by atoms with Gasteiger partial charge in [-0.3, -0.25) is 0 Å². The third-order valence-corrected chi connectivity index (χ3v) is 1.63. The Balaban J connectivity index is 2.42. The molecule has 90 valence electrons. The molecule has 0 unspecified atom stereocenters. The molecule has 2 amide bonds. The average molecular weight is 236 g/mol. The smallest absolute Gasteiger partial charge is 0.245 e. The fourth-order valence-electron chi connectivity index (χ4n) is 0.902. The van der Waals surface area contributed by atoms with E-state index in [4.69, 9.17) is 0 Å². The standard InChI is InChI=1S/C11H13FN4O/c1-8(2)14-16-11(17)15-13-7-9-3-5-10(12)6-4-9/h3-7H,1-2H3,(H2,15,16,17). The number of carbonyl (C=O) groups excluding carboxylic acids is 1. The molecule has 1 aromatic carbocycles. The number of urea groups is 1. The summed E-state index contributed by atoms with van der Waals surface area (Å²) in [5.41, 5.74) is 5.87. The molecule has 1 aromatic rings. The molecule has 0 aliphatic carbocycles. The summed E-state index contributed by atoms with van der Waals surface area (Å²) >= 11 is 0. The highest BCUT2D eigenvalue weighted by Gasteiger charge is 1.94. The molecule has 6 heteroatoms. The molecule has 0 fully saturated rings. The van der Waals surface area contributed by atoms with Crippen LogP contribution in [0, 0.1) is 5.82 Å². The SMILES string of the molecule is CC(C)=NNC(=O)NN=Cc1ccc(F)cc1. The largest absolute Gasteiger partial charge is 0.355 e. The van der Waals surface area contributed by atoms with Crippen LogP contribution in [-0.2, 0) is 0 Å². The highest BCUT2D eigenvalue weighted by Crippen LogP contribution is 1.99. The van der Waals surface area contributed by atoms with Crippen molar-refractivity contribution in [2.75, 3.05) is 0 Å². The fourth-order valence-corrected chi connectivity index (χ4v) is 0.902. The Kier molecular flexibility index (Phi) is 4.80. The van der Waals surface area contributed by atoms with Crippen LogP contribution >= 0.6 is 0 Å². The maximum absolute atomic E-state index is 12.6. The lowest BCUT2D eigenvalue weighted by molar-refractivity contribution is 0.242. The Morgan fingerprint density at radius 3 is 2.47 bits per heavy atom. The molecule has 0 bridgehead atoms. The van der Waals surface area contributed by atoms with Crippen molar-refractivity contribution in [3.8, 4) is 0 Å². The molecule has 0 radical (unpaired) electrons. The number of rotatable bonds is 3. The van der Waals surface area contributed by atoms with Gasteiger partial charge in [-0.2, -0.15) is 10.2 Å². The highest BCUT2D eigenvalue weighted by molar-refractivity contribution is 5.83. The monoisotopic (exact) mass is 236 g/mol. The van der Waals surface area contributed by atoms with Gasteiger partial charge in [-0.15, -0.1) is 0 Å². The predicted molar refractivity (Wildman–Crippen MR) is 64.4 cm³/mol. The first-order valence-corrected chi connectivity index (χ1v) is 4.93. The molecule has 1 rings (SSSR count). The number of nitrogens with zero attached hydrogens (tertiary/aromatic N) is 2. The van der Waals surface area contributed by atoms with Crippen molar-refractivity contribution >= 4 is 18.0 Å². The van der Waals surface area contributed by atoms with Gasteiger partial charge in [-0.25, -0.2) is 20.0 Å². The van der Waals surface area contributed by atoms with Crippen LogP contribution in [-0.4, -0.2) is 18.0 Å². The molecular weight excluding hydrogens is 223 g/mol. The summed E-state index contributed by atoms with van der Waals surface area (Å²) in [7, 11) is 0. The molecule has 0 spiro atoms. The Labute approximate surface area is 98.4 Å². The van der Waals surface area contributed by atoms with Gasteiger partial charge in [0, 0.05) is 5.71 Å².